The number of rotatable bonds is 8. The van der Waals surface area contributed by atoms with Gasteiger partial charge in [-0.15, -0.1) is 0 Å². The summed E-state index contributed by atoms with van der Waals surface area (Å²) in [5.41, 5.74) is 2.24. The molecular formula is C23H25N3O3S. The Morgan fingerprint density at radius 3 is 2.30 bits per heavy atom. The second kappa shape index (κ2) is 9.54. The molecule has 0 fully saturated rings. The van der Waals surface area contributed by atoms with E-state index < -0.39 is 10.0 Å². The van der Waals surface area contributed by atoms with Crippen LogP contribution in [-0.2, 0) is 14.8 Å². The van der Waals surface area contributed by atoms with Gasteiger partial charge in [0.15, 0.2) is 0 Å². The van der Waals surface area contributed by atoms with E-state index in [-0.39, 0.29) is 29.8 Å². The summed E-state index contributed by atoms with van der Waals surface area (Å²) < 4.78 is 27.8. The van der Waals surface area contributed by atoms with Crippen molar-refractivity contribution in [2.24, 2.45) is 0 Å². The summed E-state index contributed by atoms with van der Waals surface area (Å²) >= 11 is 0. The van der Waals surface area contributed by atoms with Crippen LogP contribution in [0.15, 0.2) is 83.9 Å². The van der Waals surface area contributed by atoms with E-state index in [2.05, 4.69) is 10.3 Å². The van der Waals surface area contributed by atoms with Crippen LogP contribution in [0, 0.1) is 6.92 Å². The van der Waals surface area contributed by atoms with E-state index in [1.54, 1.807) is 54.7 Å². The predicted octanol–water partition coefficient (Wildman–Crippen LogP) is 3.85. The van der Waals surface area contributed by atoms with Gasteiger partial charge in [-0.05, 0) is 50.2 Å². The largest absolute Gasteiger partial charge is 0.348 e. The van der Waals surface area contributed by atoms with Gasteiger partial charge in [-0.2, -0.15) is 0 Å². The number of carbonyl (C=O) groups is 1. The molecule has 0 aliphatic heterocycles. The summed E-state index contributed by atoms with van der Waals surface area (Å²) in [6.07, 6.45) is 1.69. The molecule has 2 aromatic carbocycles. The highest BCUT2D eigenvalue weighted by Crippen LogP contribution is 2.24. The van der Waals surface area contributed by atoms with E-state index in [1.165, 1.54) is 4.31 Å². The number of anilines is 1. The average molecular weight is 424 g/mol. The SMILES string of the molecule is Cc1ccc(S(=O)(=O)N(CCC(=O)NC(C)c2ccccn2)c2ccccc2)cc1. The van der Waals surface area contributed by atoms with Gasteiger partial charge in [0.05, 0.1) is 22.3 Å². The van der Waals surface area contributed by atoms with E-state index in [1.807, 2.05) is 38.1 Å². The molecule has 1 N–H and O–H groups in total. The molecule has 7 heteroatoms. The Kier molecular flexibility index (Phi) is 6.84. The van der Waals surface area contributed by atoms with Crippen LogP contribution < -0.4 is 9.62 Å². The van der Waals surface area contributed by atoms with Crippen molar-refractivity contribution in [2.45, 2.75) is 31.2 Å². The molecule has 0 saturated heterocycles. The van der Waals surface area contributed by atoms with Crippen LogP contribution in [-0.4, -0.2) is 25.9 Å². The zero-order valence-corrected chi connectivity index (χ0v) is 17.8. The fourth-order valence-corrected chi connectivity index (χ4v) is 4.51. The lowest BCUT2D eigenvalue weighted by Gasteiger charge is -2.25. The van der Waals surface area contributed by atoms with Gasteiger partial charge in [-0.3, -0.25) is 14.1 Å². The third-order valence-electron chi connectivity index (χ3n) is 4.70. The first-order valence-electron chi connectivity index (χ1n) is 9.72. The van der Waals surface area contributed by atoms with Crippen LogP contribution >= 0.6 is 0 Å². The van der Waals surface area contributed by atoms with Crippen LogP contribution in [0.4, 0.5) is 5.69 Å². The molecule has 0 radical (unpaired) electrons. The van der Waals surface area contributed by atoms with Crippen molar-refractivity contribution in [3.05, 3.63) is 90.3 Å². The number of aryl methyl sites for hydroxylation is 1. The van der Waals surface area contributed by atoms with Crippen molar-refractivity contribution in [1.82, 2.24) is 10.3 Å². The van der Waals surface area contributed by atoms with Crippen LogP contribution in [0.1, 0.15) is 30.6 Å². The zero-order valence-electron chi connectivity index (χ0n) is 17.0. The highest BCUT2D eigenvalue weighted by molar-refractivity contribution is 7.92. The number of pyridine rings is 1. The zero-order chi connectivity index (χ0) is 21.6. The fourth-order valence-electron chi connectivity index (χ4n) is 3.04. The highest BCUT2D eigenvalue weighted by atomic mass is 32.2. The molecule has 0 spiro atoms. The molecule has 6 nitrogen and oxygen atoms in total. The summed E-state index contributed by atoms with van der Waals surface area (Å²) in [6, 6.07) is 20.7. The molecule has 0 aliphatic rings. The number of hydrogen-bond donors (Lipinski definition) is 1. The normalized spacial score (nSPS) is 12.2. The molecule has 1 heterocycles. The Morgan fingerprint density at radius 1 is 1.00 bits per heavy atom. The number of benzene rings is 2. The van der Waals surface area contributed by atoms with Crippen molar-refractivity contribution in [3.63, 3.8) is 0 Å². The van der Waals surface area contributed by atoms with E-state index in [0.29, 0.717) is 5.69 Å². The van der Waals surface area contributed by atoms with Gasteiger partial charge in [-0.25, -0.2) is 8.42 Å². The molecule has 1 amide bonds. The van der Waals surface area contributed by atoms with Gasteiger partial charge in [0.25, 0.3) is 10.0 Å². The molecule has 156 valence electrons. The van der Waals surface area contributed by atoms with Gasteiger partial charge in [-0.1, -0.05) is 42.0 Å². The first-order valence-corrected chi connectivity index (χ1v) is 11.2. The maximum atomic E-state index is 13.3. The van der Waals surface area contributed by atoms with Gasteiger partial charge >= 0.3 is 0 Å². The lowest BCUT2D eigenvalue weighted by Crippen LogP contribution is -2.36. The Labute approximate surface area is 177 Å². The standard InChI is InChI=1S/C23H25N3O3S/c1-18-11-13-21(14-12-18)30(28,29)26(20-8-4-3-5-9-20)17-15-23(27)25-19(2)22-10-6-7-16-24-22/h3-14,16,19H,15,17H2,1-2H3,(H,25,27). The number of aromatic nitrogens is 1. The highest BCUT2D eigenvalue weighted by Gasteiger charge is 2.25. The first kappa shape index (κ1) is 21.5. The van der Waals surface area contributed by atoms with Crippen molar-refractivity contribution < 1.29 is 13.2 Å². The van der Waals surface area contributed by atoms with Crippen molar-refractivity contribution in [1.29, 1.82) is 0 Å². The lowest BCUT2D eigenvalue weighted by molar-refractivity contribution is -0.121. The number of nitrogens with one attached hydrogen (secondary N) is 1. The fraction of sp³-hybridized carbons (Fsp3) is 0.217. The molecule has 0 bridgehead atoms. The van der Waals surface area contributed by atoms with Crippen molar-refractivity contribution >= 4 is 21.6 Å². The number of hydrogen-bond acceptors (Lipinski definition) is 4. The van der Waals surface area contributed by atoms with E-state index in [0.717, 1.165) is 11.3 Å². The molecule has 1 aromatic heterocycles. The Bertz CT molecular complexity index is 1070. The second-order valence-electron chi connectivity index (χ2n) is 7.02. The van der Waals surface area contributed by atoms with Crippen LogP contribution in [0.3, 0.4) is 0 Å². The summed E-state index contributed by atoms with van der Waals surface area (Å²) in [7, 11) is -3.81. The molecule has 0 saturated carbocycles. The van der Waals surface area contributed by atoms with E-state index in [9.17, 15) is 13.2 Å². The van der Waals surface area contributed by atoms with Gasteiger partial charge in [0.2, 0.25) is 5.91 Å². The number of sulfonamides is 1. The minimum absolute atomic E-state index is 0.0250. The molecule has 3 aromatic rings. The number of para-hydroxylation sites is 1. The third kappa shape index (κ3) is 5.24. The quantitative estimate of drug-likeness (QED) is 0.597. The third-order valence-corrected chi connectivity index (χ3v) is 6.55. The first-order chi connectivity index (χ1) is 14.4. The summed E-state index contributed by atoms with van der Waals surface area (Å²) in [4.78, 5) is 16.9. The number of carbonyl (C=O) groups excluding carboxylic acids is 1. The van der Waals surface area contributed by atoms with Gasteiger partial charge in [0.1, 0.15) is 0 Å². The van der Waals surface area contributed by atoms with Crippen molar-refractivity contribution in [2.75, 3.05) is 10.8 Å². The number of nitrogens with zero attached hydrogens (tertiary/aromatic N) is 2. The monoisotopic (exact) mass is 423 g/mol. The summed E-state index contributed by atoms with van der Waals surface area (Å²) in [5, 5.41) is 2.88. The summed E-state index contributed by atoms with van der Waals surface area (Å²) in [6.45, 7) is 3.78. The molecule has 0 aliphatic carbocycles. The van der Waals surface area contributed by atoms with E-state index in [4.69, 9.17) is 0 Å². The number of amides is 1. The van der Waals surface area contributed by atoms with Crippen molar-refractivity contribution in [3.8, 4) is 0 Å². The maximum absolute atomic E-state index is 13.3. The van der Waals surface area contributed by atoms with Gasteiger partial charge < -0.3 is 5.32 Å². The van der Waals surface area contributed by atoms with Crippen LogP contribution in [0.5, 0.6) is 0 Å². The Hall–Kier alpha value is -3.19. The van der Waals surface area contributed by atoms with Gasteiger partial charge in [0, 0.05) is 19.2 Å². The Morgan fingerprint density at radius 2 is 1.67 bits per heavy atom. The molecular weight excluding hydrogens is 398 g/mol. The van der Waals surface area contributed by atoms with E-state index >= 15 is 0 Å². The topological polar surface area (TPSA) is 79.4 Å². The minimum Gasteiger partial charge on any atom is -0.348 e. The lowest BCUT2D eigenvalue weighted by atomic mass is 10.2. The molecule has 3 rings (SSSR count). The molecule has 30 heavy (non-hydrogen) atoms. The Balaban J connectivity index is 1.77. The van der Waals surface area contributed by atoms with Crippen LogP contribution in [0.2, 0.25) is 0 Å². The molecule has 1 atom stereocenters. The smallest absolute Gasteiger partial charge is 0.264 e. The minimum atomic E-state index is -3.81. The maximum Gasteiger partial charge on any atom is 0.264 e. The van der Waals surface area contributed by atoms with Crippen LogP contribution in [0.25, 0.3) is 0 Å². The summed E-state index contributed by atoms with van der Waals surface area (Å²) in [5.74, 6) is -0.242. The average Bonchev–Trinajstić information content (AvgIpc) is 2.75. The molecule has 1 unspecified atom stereocenters. The second-order valence-corrected chi connectivity index (χ2v) is 8.88. The predicted molar refractivity (Wildman–Crippen MR) is 118 cm³/mol.